The zero-order valence-electron chi connectivity index (χ0n) is 8.48. The number of ether oxygens (including phenoxy) is 1. The number of halogens is 1. The van der Waals surface area contributed by atoms with E-state index in [0.29, 0.717) is 0 Å². The van der Waals surface area contributed by atoms with Crippen molar-refractivity contribution >= 4 is 15.9 Å². The molecule has 0 unspecified atom stereocenters. The third-order valence-electron chi connectivity index (χ3n) is 2.65. The highest BCUT2D eigenvalue weighted by Crippen LogP contribution is 2.35. The van der Waals surface area contributed by atoms with Gasteiger partial charge in [-0.3, -0.25) is 0 Å². The maximum Gasteiger partial charge on any atom is 0.122 e. The van der Waals surface area contributed by atoms with Gasteiger partial charge in [-0.05, 0) is 48.9 Å². The van der Waals surface area contributed by atoms with Gasteiger partial charge in [0.1, 0.15) is 5.75 Å². The lowest BCUT2D eigenvalue weighted by molar-refractivity contribution is 0.314. The molecule has 0 bridgehead atoms. The molecule has 1 aliphatic carbocycles. The van der Waals surface area contributed by atoms with E-state index in [1.807, 2.05) is 0 Å². The molecular weight excluding hydrogens is 240 g/mol. The second-order valence-corrected chi connectivity index (χ2v) is 4.56. The van der Waals surface area contributed by atoms with Crippen molar-refractivity contribution in [2.24, 2.45) is 0 Å². The van der Waals surface area contributed by atoms with Gasteiger partial charge in [0.25, 0.3) is 0 Å². The first-order chi connectivity index (χ1) is 6.83. The molecule has 1 aromatic rings. The maximum atomic E-state index is 5.73. The molecule has 0 N–H and O–H groups in total. The minimum Gasteiger partial charge on any atom is -0.493 e. The average Bonchev–Trinajstić information content (AvgIpc) is 2.66. The molecule has 0 aliphatic heterocycles. The van der Waals surface area contributed by atoms with E-state index in [2.05, 4.69) is 35.0 Å². The second-order valence-electron chi connectivity index (χ2n) is 3.70. The monoisotopic (exact) mass is 254 g/mol. The Bertz CT molecular complexity index is 333. The van der Waals surface area contributed by atoms with E-state index in [4.69, 9.17) is 4.74 Å². The molecule has 0 fully saturated rings. The summed E-state index contributed by atoms with van der Waals surface area (Å²) < 4.78 is 6.98. The molecule has 2 rings (SSSR count). The minimum atomic E-state index is 0.827. The van der Waals surface area contributed by atoms with Crippen LogP contribution in [0.15, 0.2) is 16.6 Å². The van der Waals surface area contributed by atoms with Crippen LogP contribution in [0.3, 0.4) is 0 Å². The highest BCUT2D eigenvalue weighted by molar-refractivity contribution is 9.10. The van der Waals surface area contributed by atoms with Gasteiger partial charge in [0.2, 0.25) is 0 Å². The van der Waals surface area contributed by atoms with Gasteiger partial charge in [0.15, 0.2) is 0 Å². The van der Waals surface area contributed by atoms with Crippen LogP contribution < -0.4 is 4.74 Å². The van der Waals surface area contributed by atoms with E-state index in [-0.39, 0.29) is 0 Å². The molecule has 0 saturated heterocycles. The fourth-order valence-electron chi connectivity index (χ4n) is 1.98. The number of benzene rings is 1. The van der Waals surface area contributed by atoms with Crippen LogP contribution in [-0.4, -0.2) is 6.61 Å². The van der Waals surface area contributed by atoms with Crippen molar-refractivity contribution in [2.75, 3.05) is 6.61 Å². The van der Waals surface area contributed by atoms with E-state index < -0.39 is 0 Å². The Morgan fingerprint density at radius 3 is 2.86 bits per heavy atom. The van der Waals surface area contributed by atoms with Gasteiger partial charge in [-0.2, -0.15) is 0 Å². The van der Waals surface area contributed by atoms with Crippen molar-refractivity contribution in [3.63, 3.8) is 0 Å². The topological polar surface area (TPSA) is 9.23 Å². The summed E-state index contributed by atoms with van der Waals surface area (Å²) in [6.45, 7) is 2.97. The van der Waals surface area contributed by atoms with Crippen LogP contribution in [0.2, 0.25) is 0 Å². The lowest BCUT2D eigenvalue weighted by Crippen LogP contribution is -1.98. The molecular formula is C12H15BrO. The fraction of sp³-hybridized carbons (Fsp3) is 0.500. The van der Waals surface area contributed by atoms with E-state index in [1.54, 1.807) is 0 Å². The molecule has 0 atom stereocenters. The molecule has 1 aliphatic rings. The number of hydrogen-bond acceptors (Lipinski definition) is 1. The zero-order valence-corrected chi connectivity index (χ0v) is 10.1. The van der Waals surface area contributed by atoms with E-state index in [9.17, 15) is 0 Å². The molecule has 0 radical (unpaired) electrons. The fourth-order valence-corrected chi connectivity index (χ4v) is 2.55. The second kappa shape index (κ2) is 4.35. The van der Waals surface area contributed by atoms with Gasteiger partial charge in [0, 0.05) is 4.47 Å². The molecule has 1 nitrogen and oxygen atoms in total. The lowest BCUT2D eigenvalue weighted by Gasteiger charge is -2.10. The van der Waals surface area contributed by atoms with Crippen molar-refractivity contribution in [1.29, 1.82) is 0 Å². The van der Waals surface area contributed by atoms with Crippen LogP contribution in [0.5, 0.6) is 5.75 Å². The van der Waals surface area contributed by atoms with E-state index >= 15 is 0 Å². The number of fused-ring (bicyclic) bond motifs is 1. The Morgan fingerprint density at radius 2 is 2.07 bits per heavy atom. The third kappa shape index (κ3) is 1.81. The zero-order chi connectivity index (χ0) is 9.97. The van der Waals surface area contributed by atoms with E-state index in [1.165, 1.54) is 34.9 Å². The van der Waals surface area contributed by atoms with Gasteiger partial charge in [0.05, 0.1) is 6.61 Å². The van der Waals surface area contributed by atoms with E-state index in [0.717, 1.165) is 18.8 Å². The van der Waals surface area contributed by atoms with Gasteiger partial charge in [-0.25, -0.2) is 0 Å². The first kappa shape index (κ1) is 10.0. The van der Waals surface area contributed by atoms with Crippen molar-refractivity contribution < 1.29 is 4.74 Å². The van der Waals surface area contributed by atoms with Gasteiger partial charge < -0.3 is 4.74 Å². The summed E-state index contributed by atoms with van der Waals surface area (Å²) in [5.74, 6) is 1.10. The highest BCUT2D eigenvalue weighted by Gasteiger charge is 2.18. The molecule has 1 aromatic carbocycles. The van der Waals surface area contributed by atoms with Crippen LogP contribution in [-0.2, 0) is 12.8 Å². The van der Waals surface area contributed by atoms with Gasteiger partial charge >= 0.3 is 0 Å². The SMILES string of the molecule is CCCOc1ccc(Br)c2c1CCC2. The first-order valence-corrected chi connectivity index (χ1v) is 6.05. The van der Waals surface area contributed by atoms with Crippen molar-refractivity contribution in [1.82, 2.24) is 0 Å². The molecule has 0 spiro atoms. The molecule has 76 valence electrons. The van der Waals surface area contributed by atoms with Crippen molar-refractivity contribution in [2.45, 2.75) is 32.6 Å². The first-order valence-electron chi connectivity index (χ1n) is 5.26. The van der Waals surface area contributed by atoms with Crippen molar-refractivity contribution in [3.05, 3.63) is 27.7 Å². The normalized spacial score (nSPS) is 14.1. The van der Waals surface area contributed by atoms with Crippen LogP contribution in [0.25, 0.3) is 0 Å². The standard InChI is InChI=1S/C12H15BrO/c1-2-8-14-12-7-6-11(13)9-4-3-5-10(9)12/h6-7H,2-5,8H2,1H3. The predicted octanol–water partition coefficient (Wildman–Crippen LogP) is 3.73. The Kier molecular flexibility index (Phi) is 3.12. The lowest BCUT2D eigenvalue weighted by atomic mass is 10.1. The quantitative estimate of drug-likeness (QED) is 0.799. The maximum absolute atomic E-state index is 5.73. The summed E-state index contributed by atoms with van der Waals surface area (Å²) in [5.41, 5.74) is 2.88. The van der Waals surface area contributed by atoms with Crippen LogP contribution in [0, 0.1) is 0 Å². The van der Waals surface area contributed by atoms with Crippen LogP contribution in [0.1, 0.15) is 30.9 Å². The Labute approximate surface area is 93.6 Å². The molecule has 14 heavy (non-hydrogen) atoms. The largest absolute Gasteiger partial charge is 0.493 e. The Hall–Kier alpha value is -0.500. The minimum absolute atomic E-state index is 0.827. The number of rotatable bonds is 3. The average molecular weight is 255 g/mol. The molecule has 0 aromatic heterocycles. The van der Waals surface area contributed by atoms with Gasteiger partial charge in [-0.1, -0.05) is 22.9 Å². The molecule has 0 heterocycles. The summed E-state index contributed by atoms with van der Waals surface area (Å²) in [6.07, 6.45) is 4.71. The Morgan fingerprint density at radius 1 is 1.29 bits per heavy atom. The summed E-state index contributed by atoms with van der Waals surface area (Å²) >= 11 is 3.59. The Balaban J connectivity index is 2.29. The summed E-state index contributed by atoms with van der Waals surface area (Å²) in [4.78, 5) is 0. The van der Waals surface area contributed by atoms with Crippen LogP contribution in [0.4, 0.5) is 0 Å². The predicted molar refractivity (Wildman–Crippen MR) is 62.0 cm³/mol. The molecule has 0 saturated carbocycles. The molecule has 2 heteroatoms. The summed E-state index contributed by atoms with van der Waals surface area (Å²) in [5, 5.41) is 0. The smallest absolute Gasteiger partial charge is 0.122 e. The summed E-state index contributed by atoms with van der Waals surface area (Å²) in [7, 11) is 0. The van der Waals surface area contributed by atoms with Crippen LogP contribution >= 0.6 is 15.9 Å². The molecule has 0 amide bonds. The van der Waals surface area contributed by atoms with Crippen molar-refractivity contribution in [3.8, 4) is 5.75 Å². The third-order valence-corrected chi connectivity index (χ3v) is 3.39. The summed E-state index contributed by atoms with van der Waals surface area (Å²) in [6, 6.07) is 4.19. The number of hydrogen-bond donors (Lipinski definition) is 0. The van der Waals surface area contributed by atoms with Gasteiger partial charge in [-0.15, -0.1) is 0 Å². The highest BCUT2D eigenvalue weighted by atomic mass is 79.9.